The van der Waals surface area contributed by atoms with Gasteiger partial charge in [0.15, 0.2) is 11.8 Å². The lowest BCUT2D eigenvalue weighted by Gasteiger charge is -2.21. The third kappa shape index (κ3) is 2.25. The van der Waals surface area contributed by atoms with Gasteiger partial charge in [0.1, 0.15) is 0 Å². The van der Waals surface area contributed by atoms with Crippen LogP contribution in [0.2, 0.25) is 0 Å². The van der Waals surface area contributed by atoms with Gasteiger partial charge >= 0.3 is 0 Å². The minimum Gasteiger partial charge on any atom is -0.297 e. The molecule has 0 saturated carbocycles. The molecular formula is C7H13NO2. The van der Waals surface area contributed by atoms with Crippen molar-refractivity contribution in [1.82, 2.24) is 0 Å². The molecule has 0 aromatic heterocycles. The molecule has 1 atom stereocenters. The van der Waals surface area contributed by atoms with Crippen LogP contribution in [0.5, 0.6) is 0 Å². The molecule has 0 saturated heterocycles. The van der Waals surface area contributed by atoms with Crippen molar-refractivity contribution in [2.45, 2.75) is 33.7 Å². The van der Waals surface area contributed by atoms with Gasteiger partial charge in [-0.25, -0.2) is 0 Å². The summed E-state index contributed by atoms with van der Waals surface area (Å²) in [5.74, 6) is -0.164. The summed E-state index contributed by atoms with van der Waals surface area (Å²) in [6.07, 6.45) is 0. The van der Waals surface area contributed by atoms with E-state index in [1.165, 1.54) is 6.92 Å². The van der Waals surface area contributed by atoms with Gasteiger partial charge in [0.2, 0.25) is 0 Å². The van der Waals surface area contributed by atoms with Crippen molar-refractivity contribution in [1.29, 1.82) is 0 Å². The highest BCUT2D eigenvalue weighted by Gasteiger charge is 2.29. The Balaban J connectivity index is 4.36. The zero-order valence-corrected chi connectivity index (χ0v) is 6.84. The molecule has 0 aliphatic carbocycles. The van der Waals surface area contributed by atoms with E-state index in [4.69, 9.17) is 0 Å². The number of carbonyl (C=O) groups is 1. The van der Waals surface area contributed by atoms with E-state index in [2.05, 4.69) is 5.18 Å². The Morgan fingerprint density at radius 2 is 1.80 bits per heavy atom. The lowest BCUT2D eigenvalue weighted by Crippen LogP contribution is -2.30. The molecule has 0 aliphatic heterocycles. The highest BCUT2D eigenvalue weighted by molar-refractivity contribution is 5.82. The standard InChI is InChI=1S/C7H13NO2/c1-5(9)6(8-10)7(2,3)4/h6H,1-4H3/t6-/m1/s1. The van der Waals surface area contributed by atoms with Crippen LogP contribution in [-0.2, 0) is 4.79 Å². The number of nitrogens with zero attached hydrogens (tertiary/aromatic N) is 1. The molecule has 58 valence electrons. The first kappa shape index (κ1) is 9.27. The van der Waals surface area contributed by atoms with Crippen LogP contribution >= 0.6 is 0 Å². The van der Waals surface area contributed by atoms with Gasteiger partial charge in [-0.2, -0.15) is 4.91 Å². The first-order valence-corrected chi connectivity index (χ1v) is 3.22. The second-order valence-electron chi connectivity index (χ2n) is 3.48. The summed E-state index contributed by atoms with van der Waals surface area (Å²) in [7, 11) is 0. The summed E-state index contributed by atoms with van der Waals surface area (Å²) >= 11 is 0. The SMILES string of the molecule is CC(=O)[C@@H](N=O)C(C)(C)C. The first-order valence-electron chi connectivity index (χ1n) is 3.22. The molecule has 0 aliphatic rings. The number of ketones is 1. The molecule has 3 nitrogen and oxygen atoms in total. The van der Waals surface area contributed by atoms with E-state index in [-0.39, 0.29) is 11.2 Å². The summed E-state index contributed by atoms with van der Waals surface area (Å²) in [4.78, 5) is 20.9. The zero-order valence-electron chi connectivity index (χ0n) is 6.84. The van der Waals surface area contributed by atoms with E-state index in [9.17, 15) is 9.70 Å². The monoisotopic (exact) mass is 143 g/mol. The van der Waals surface area contributed by atoms with Crippen molar-refractivity contribution in [2.24, 2.45) is 10.6 Å². The van der Waals surface area contributed by atoms with E-state index in [1.54, 1.807) is 0 Å². The first-order chi connectivity index (χ1) is 4.39. The maximum atomic E-state index is 10.7. The molecule has 0 amide bonds. The average Bonchev–Trinajstić information content (AvgIpc) is 1.60. The topological polar surface area (TPSA) is 46.5 Å². The number of nitroso groups, excluding NO2 is 1. The van der Waals surface area contributed by atoms with Gasteiger partial charge in [-0.3, -0.25) is 4.79 Å². The zero-order chi connectivity index (χ0) is 8.36. The van der Waals surface area contributed by atoms with E-state index in [0.29, 0.717) is 0 Å². The van der Waals surface area contributed by atoms with Crippen LogP contribution in [0.3, 0.4) is 0 Å². The van der Waals surface area contributed by atoms with Gasteiger partial charge in [-0.1, -0.05) is 25.9 Å². The Kier molecular flexibility index (Phi) is 2.69. The summed E-state index contributed by atoms with van der Waals surface area (Å²) in [6.45, 7) is 6.85. The summed E-state index contributed by atoms with van der Waals surface area (Å²) in [6, 6.07) is -0.701. The lowest BCUT2D eigenvalue weighted by molar-refractivity contribution is -0.120. The molecule has 0 fully saturated rings. The van der Waals surface area contributed by atoms with Gasteiger partial charge in [0, 0.05) is 0 Å². The van der Waals surface area contributed by atoms with Crippen molar-refractivity contribution in [3.63, 3.8) is 0 Å². The van der Waals surface area contributed by atoms with Gasteiger partial charge in [0.05, 0.1) is 0 Å². The van der Waals surface area contributed by atoms with Gasteiger partial charge < -0.3 is 0 Å². The Labute approximate surface area is 60.8 Å². The highest BCUT2D eigenvalue weighted by Crippen LogP contribution is 2.22. The molecule has 0 radical (unpaired) electrons. The van der Waals surface area contributed by atoms with Crippen LogP contribution in [-0.4, -0.2) is 11.8 Å². The molecule has 0 unspecified atom stereocenters. The minimum atomic E-state index is -0.701. The van der Waals surface area contributed by atoms with Crippen LogP contribution in [0.15, 0.2) is 5.18 Å². The number of carbonyl (C=O) groups excluding carboxylic acids is 1. The Morgan fingerprint density at radius 1 is 1.40 bits per heavy atom. The third-order valence-corrected chi connectivity index (χ3v) is 1.31. The second-order valence-corrected chi connectivity index (χ2v) is 3.48. The summed E-state index contributed by atoms with van der Waals surface area (Å²) < 4.78 is 0. The number of hydrogen-bond acceptors (Lipinski definition) is 3. The van der Waals surface area contributed by atoms with Crippen LogP contribution in [0.25, 0.3) is 0 Å². The van der Waals surface area contributed by atoms with E-state index < -0.39 is 6.04 Å². The summed E-state index contributed by atoms with van der Waals surface area (Å²) in [5, 5.41) is 2.76. The van der Waals surface area contributed by atoms with E-state index in [1.807, 2.05) is 20.8 Å². The van der Waals surface area contributed by atoms with Crippen molar-refractivity contribution in [3.05, 3.63) is 4.91 Å². The third-order valence-electron chi connectivity index (χ3n) is 1.31. The number of hydrogen-bond donors (Lipinski definition) is 0. The predicted molar refractivity (Wildman–Crippen MR) is 39.7 cm³/mol. The smallest absolute Gasteiger partial charge is 0.158 e. The van der Waals surface area contributed by atoms with Crippen LogP contribution in [0.1, 0.15) is 27.7 Å². The molecule has 10 heavy (non-hydrogen) atoms. The van der Waals surface area contributed by atoms with E-state index >= 15 is 0 Å². The molecule has 0 N–H and O–H groups in total. The minimum absolute atomic E-state index is 0.164. The largest absolute Gasteiger partial charge is 0.297 e. The van der Waals surface area contributed by atoms with Crippen molar-refractivity contribution in [3.8, 4) is 0 Å². The maximum absolute atomic E-state index is 10.7. The molecule has 0 heterocycles. The Bertz CT molecular complexity index is 146. The predicted octanol–water partition coefficient (Wildman–Crippen LogP) is 1.76. The van der Waals surface area contributed by atoms with Crippen molar-refractivity contribution >= 4 is 5.78 Å². The highest BCUT2D eigenvalue weighted by atomic mass is 16.3. The van der Waals surface area contributed by atoms with Crippen molar-refractivity contribution < 1.29 is 4.79 Å². The normalized spacial score (nSPS) is 14.4. The van der Waals surface area contributed by atoms with Crippen LogP contribution in [0.4, 0.5) is 0 Å². The quantitative estimate of drug-likeness (QED) is 0.553. The molecule has 0 aromatic rings. The Morgan fingerprint density at radius 3 is 1.80 bits per heavy atom. The van der Waals surface area contributed by atoms with Gasteiger partial charge in [-0.15, -0.1) is 0 Å². The molecule has 0 aromatic carbocycles. The van der Waals surface area contributed by atoms with Crippen LogP contribution in [0, 0.1) is 10.3 Å². The Hall–Kier alpha value is -0.730. The molecule has 3 heteroatoms. The fourth-order valence-electron chi connectivity index (χ4n) is 0.842. The molecular weight excluding hydrogens is 130 g/mol. The maximum Gasteiger partial charge on any atom is 0.158 e. The fourth-order valence-corrected chi connectivity index (χ4v) is 0.842. The van der Waals surface area contributed by atoms with Crippen LogP contribution < -0.4 is 0 Å². The lowest BCUT2D eigenvalue weighted by atomic mass is 9.85. The molecule has 0 spiro atoms. The molecule has 0 bridgehead atoms. The number of Topliss-reactive ketones (excluding diaryl/α,β-unsaturated/α-hetero) is 1. The summed E-state index contributed by atoms with van der Waals surface area (Å²) in [5.41, 5.74) is -0.340. The number of rotatable bonds is 2. The van der Waals surface area contributed by atoms with E-state index in [0.717, 1.165) is 0 Å². The van der Waals surface area contributed by atoms with Gasteiger partial charge in [0.25, 0.3) is 0 Å². The van der Waals surface area contributed by atoms with Gasteiger partial charge in [-0.05, 0) is 12.3 Å². The van der Waals surface area contributed by atoms with Crippen molar-refractivity contribution in [2.75, 3.05) is 0 Å². The second kappa shape index (κ2) is 2.90. The molecule has 0 rings (SSSR count). The fraction of sp³-hybridized carbons (Fsp3) is 0.857. The average molecular weight is 143 g/mol.